The van der Waals surface area contributed by atoms with E-state index in [-0.39, 0.29) is 29.5 Å². The first kappa shape index (κ1) is 22.6. The summed E-state index contributed by atoms with van der Waals surface area (Å²) < 4.78 is 60.2. The van der Waals surface area contributed by atoms with E-state index < -0.39 is 22.5 Å². The number of rotatable bonds is 9. The van der Waals surface area contributed by atoms with Gasteiger partial charge < -0.3 is 14.4 Å². The predicted octanol–water partition coefficient (Wildman–Crippen LogP) is 2.58. The first-order valence-corrected chi connectivity index (χ1v) is 9.96. The Balaban J connectivity index is 2.05. The highest BCUT2D eigenvalue weighted by atomic mass is 32.2. The molecule has 0 fully saturated rings. The van der Waals surface area contributed by atoms with Crippen molar-refractivity contribution in [2.75, 3.05) is 27.7 Å². The lowest BCUT2D eigenvalue weighted by Crippen LogP contribution is -2.39. The van der Waals surface area contributed by atoms with Crippen LogP contribution in [0, 0.1) is 0 Å². The number of carbonyl (C=O) groups excluding carboxylic acids is 1. The SMILES string of the molecule is COc1cc(CN(C)C(=O)CN(C)S(=O)(=O)c2ccccc2)ccc1OC(F)F. The Hall–Kier alpha value is -2.72. The average molecular weight is 428 g/mol. The molecule has 0 saturated carbocycles. The molecule has 29 heavy (non-hydrogen) atoms. The molecular formula is C19H22F2N2O5S. The van der Waals surface area contributed by atoms with E-state index in [1.807, 2.05) is 0 Å². The number of hydrogen-bond donors (Lipinski definition) is 0. The highest BCUT2D eigenvalue weighted by Gasteiger charge is 2.24. The minimum Gasteiger partial charge on any atom is -0.493 e. The maximum Gasteiger partial charge on any atom is 0.387 e. The fraction of sp³-hybridized carbons (Fsp3) is 0.316. The van der Waals surface area contributed by atoms with Gasteiger partial charge in [-0.1, -0.05) is 24.3 Å². The molecule has 0 atom stereocenters. The average Bonchev–Trinajstić information content (AvgIpc) is 2.69. The molecule has 158 valence electrons. The number of ether oxygens (including phenoxy) is 2. The quantitative estimate of drug-likeness (QED) is 0.614. The summed E-state index contributed by atoms with van der Waals surface area (Å²) in [5.74, 6) is -0.444. The summed E-state index contributed by atoms with van der Waals surface area (Å²) in [5, 5.41) is 0. The maximum absolute atomic E-state index is 12.5. The summed E-state index contributed by atoms with van der Waals surface area (Å²) >= 11 is 0. The monoisotopic (exact) mass is 428 g/mol. The van der Waals surface area contributed by atoms with Crippen molar-refractivity contribution in [3.8, 4) is 11.5 Å². The number of sulfonamides is 1. The Morgan fingerprint density at radius 3 is 2.31 bits per heavy atom. The number of benzene rings is 2. The number of halogens is 2. The largest absolute Gasteiger partial charge is 0.493 e. The zero-order valence-corrected chi connectivity index (χ0v) is 17.0. The van der Waals surface area contributed by atoms with Crippen LogP contribution in [0.2, 0.25) is 0 Å². The molecule has 0 heterocycles. The molecule has 0 aliphatic rings. The predicted molar refractivity (Wildman–Crippen MR) is 102 cm³/mol. The molecule has 0 aliphatic heterocycles. The molecule has 7 nitrogen and oxygen atoms in total. The van der Waals surface area contributed by atoms with E-state index in [1.165, 1.54) is 56.4 Å². The van der Waals surface area contributed by atoms with Crippen LogP contribution in [0.1, 0.15) is 5.56 Å². The molecule has 0 N–H and O–H groups in total. The third kappa shape index (κ3) is 5.88. The van der Waals surface area contributed by atoms with Crippen LogP contribution in [-0.2, 0) is 21.4 Å². The summed E-state index contributed by atoms with van der Waals surface area (Å²) in [6, 6.07) is 12.1. The van der Waals surface area contributed by atoms with E-state index in [1.54, 1.807) is 18.2 Å². The van der Waals surface area contributed by atoms with Gasteiger partial charge >= 0.3 is 6.61 Å². The summed E-state index contributed by atoms with van der Waals surface area (Å²) in [6.45, 7) is -3.21. The molecule has 0 aromatic heterocycles. The molecule has 0 aliphatic carbocycles. The van der Waals surface area contributed by atoms with E-state index in [9.17, 15) is 22.0 Å². The molecule has 0 radical (unpaired) electrons. The van der Waals surface area contributed by atoms with Gasteiger partial charge in [-0.25, -0.2) is 8.42 Å². The van der Waals surface area contributed by atoms with Crippen LogP contribution >= 0.6 is 0 Å². The fourth-order valence-corrected chi connectivity index (χ4v) is 3.68. The van der Waals surface area contributed by atoms with Crippen molar-refractivity contribution in [3.63, 3.8) is 0 Å². The van der Waals surface area contributed by atoms with E-state index in [0.717, 1.165) is 4.31 Å². The number of amides is 1. The van der Waals surface area contributed by atoms with Crippen molar-refractivity contribution in [2.24, 2.45) is 0 Å². The summed E-state index contributed by atoms with van der Waals surface area (Å²) in [6.07, 6.45) is 0. The van der Waals surface area contributed by atoms with Gasteiger partial charge in [0.15, 0.2) is 11.5 Å². The third-order valence-corrected chi connectivity index (χ3v) is 5.92. The number of hydrogen-bond acceptors (Lipinski definition) is 5. The van der Waals surface area contributed by atoms with Gasteiger partial charge in [-0.2, -0.15) is 13.1 Å². The Kier molecular flexibility index (Phi) is 7.52. The summed E-state index contributed by atoms with van der Waals surface area (Å²) in [5.41, 5.74) is 0.605. The minimum absolute atomic E-state index is 0.0947. The van der Waals surface area contributed by atoms with Gasteiger partial charge in [-0.15, -0.1) is 0 Å². The van der Waals surface area contributed by atoms with Gasteiger partial charge in [0.1, 0.15) is 0 Å². The van der Waals surface area contributed by atoms with Crippen LogP contribution in [0.25, 0.3) is 0 Å². The smallest absolute Gasteiger partial charge is 0.387 e. The number of methoxy groups -OCH3 is 1. The second-order valence-electron chi connectivity index (χ2n) is 6.19. The standard InChI is InChI=1S/C19H22F2N2O5S/c1-22(12-14-9-10-16(28-19(20)21)17(11-14)27-3)18(24)13-23(2)29(25,26)15-7-5-4-6-8-15/h4-11,19H,12-13H2,1-3H3. The zero-order chi connectivity index (χ0) is 21.6. The first-order chi connectivity index (χ1) is 13.6. The molecular weight excluding hydrogens is 406 g/mol. The third-order valence-electron chi connectivity index (χ3n) is 4.10. The van der Waals surface area contributed by atoms with Crippen LogP contribution in [0.3, 0.4) is 0 Å². The Labute approximate surface area is 168 Å². The van der Waals surface area contributed by atoms with Gasteiger partial charge in [0.2, 0.25) is 15.9 Å². The molecule has 0 unspecified atom stereocenters. The van der Waals surface area contributed by atoms with Gasteiger partial charge in [-0.05, 0) is 29.8 Å². The van der Waals surface area contributed by atoms with Crippen molar-refractivity contribution >= 4 is 15.9 Å². The molecule has 2 aromatic rings. The molecule has 0 bridgehead atoms. The maximum atomic E-state index is 12.5. The Morgan fingerprint density at radius 2 is 1.72 bits per heavy atom. The molecule has 1 amide bonds. The number of alkyl halides is 2. The summed E-state index contributed by atoms with van der Waals surface area (Å²) in [7, 11) is 0.367. The van der Waals surface area contributed by atoms with Crippen molar-refractivity contribution in [1.82, 2.24) is 9.21 Å². The van der Waals surface area contributed by atoms with Crippen LogP contribution in [0.15, 0.2) is 53.4 Å². The van der Waals surface area contributed by atoms with Crippen LogP contribution in [0.5, 0.6) is 11.5 Å². The van der Waals surface area contributed by atoms with Crippen molar-refractivity contribution in [2.45, 2.75) is 18.1 Å². The van der Waals surface area contributed by atoms with Gasteiger partial charge in [0.05, 0.1) is 18.6 Å². The zero-order valence-electron chi connectivity index (χ0n) is 16.2. The Bertz CT molecular complexity index is 939. The molecule has 0 saturated heterocycles. The lowest BCUT2D eigenvalue weighted by molar-refractivity contribution is -0.130. The molecule has 0 spiro atoms. The number of nitrogens with zero attached hydrogens (tertiary/aromatic N) is 2. The number of likely N-dealkylation sites (N-methyl/N-ethyl adjacent to an activating group) is 2. The van der Waals surface area contributed by atoms with Crippen LogP contribution in [0.4, 0.5) is 8.78 Å². The minimum atomic E-state index is -3.79. The number of carbonyl (C=O) groups is 1. The highest BCUT2D eigenvalue weighted by molar-refractivity contribution is 7.89. The van der Waals surface area contributed by atoms with E-state index in [0.29, 0.717) is 5.56 Å². The topological polar surface area (TPSA) is 76.2 Å². The second kappa shape index (κ2) is 9.66. The highest BCUT2D eigenvalue weighted by Crippen LogP contribution is 2.29. The fourth-order valence-electron chi connectivity index (χ4n) is 2.53. The lowest BCUT2D eigenvalue weighted by atomic mass is 10.2. The van der Waals surface area contributed by atoms with Gasteiger partial charge in [0, 0.05) is 20.6 Å². The lowest BCUT2D eigenvalue weighted by Gasteiger charge is -2.22. The van der Waals surface area contributed by atoms with Gasteiger partial charge in [0.25, 0.3) is 0 Å². The van der Waals surface area contributed by atoms with Crippen LogP contribution < -0.4 is 9.47 Å². The van der Waals surface area contributed by atoms with E-state index in [4.69, 9.17) is 4.74 Å². The van der Waals surface area contributed by atoms with Crippen molar-refractivity contribution < 1.29 is 31.5 Å². The molecule has 10 heteroatoms. The van der Waals surface area contributed by atoms with Crippen LogP contribution in [-0.4, -0.2) is 57.9 Å². The van der Waals surface area contributed by atoms with Gasteiger partial charge in [-0.3, -0.25) is 4.79 Å². The second-order valence-corrected chi connectivity index (χ2v) is 8.23. The van der Waals surface area contributed by atoms with E-state index >= 15 is 0 Å². The Morgan fingerprint density at radius 1 is 1.07 bits per heavy atom. The first-order valence-electron chi connectivity index (χ1n) is 8.52. The van der Waals surface area contributed by atoms with E-state index in [2.05, 4.69) is 4.74 Å². The van der Waals surface area contributed by atoms with Crippen molar-refractivity contribution in [3.05, 3.63) is 54.1 Å². The molecule has 2 rings (SSSR count). The molecule has 2 aromatic carbocycles. The van der Waals surface area contributed by atoms with Crippen molar-refractivity contribution in [1.29, 1.82) is 0 Å². The summed E-state index contributed by atoms with van der Waals surface area (Å²) in [4.78, 5) is 13.9. The normalized spacial score (nSPS) is 11.6.